The number of hydrogen-bond acceptors (Lipinski definition) is 5. The molecule has 112 valence electrons. The summed E-state index contributed by atoms with van der Waals surface area (Å²) in [5, 5.41) is 15.0. The zero-order chi connectivity index (χ0) is 13.8. The summed E-state index contributed by atoms with van der Waals surface area (Å²) in [5.74, 6) is 1.62. The summed E-state index contributed by atoms with van der Waals surface area (Å²) in [5.41, 5.74) is 0. The molecule has 1 aromatic heterocycles. The molecule has 20 heavy (non-hydrogen) atoms. The number of nitrogens with one attached hydrogen (secondary N) is 2. The van der Waals surface area contributed by atoms with Gasteiger partial charge in [-0.2, -0.15) is 0 Å². The molecule has 0 saturated heterocycles. The normalized spacial score (nSPS) is 26.6. The average molecular weight is 278 g/mol. The van der Waals surface area contributed by atoms with Gasteiger partial charge in [-0.15, -0.1) is 5.10 Å². The lowest BCUT2D eigenvalue weighted by atomic mass is 9.83. The van der Waals surface area contributed by atoms with E-state index >= 15 is 0 Å². The highest BCUT2D eigenvalue weighted by Gasteiger charge is 2.23. The molecule has 1 aromatic rings. The minimum atomic E-state index is 0.507. The number of rotatable bonds is 7. The maximum atomic E-state index is 5.64. The first kappa shape index (κ1) is 13.9. The van der Waals surface area contributed by atoms with Crippen LogP contribution in [0.15, 0.2) is 4.42 Å². The highest BCUT2D eigenvalue weighted by Crippen LogP contribution is 2.29. The molecule has 0 aliphatic heterocycles. The van der Waals surface area contributed by atoms with Crippen molar-refractivity contribution in [3.8, 4) is 0 Å². The molecule has 0 amide bonds. The molecule has 1 heterocycles. The second kappa shape index (κ2) is 6.57. The minimum Gasteiger partial charge on any atom is -0.407 e. The van der Waals surface area contributed by atoms with E-state index in [0.717, 1.165) is 5.92 Å². The molecule has 2 N–H and O–H groups in total. The van der Waals surface area contributed by atoms with Gasteiger partial charge in [0.15, 0.2) is 0 Å². The molecule has 2 fully saturated rings. The van der Waals surface area contributed by atoms with Crippen molar-refractivity contribution in [2.45, 2.75) is 76.9 Å². The van der Waals surface area contributed by atoms with Crippen molar-refractivity contribution in [1.29, 1.82) is 0 Å². The van der Waals surface area contributed by atoms with E-state index in [1.807, 2.05) is 0 Å². The van der Waals surface area contributed by atoms with Crippen LogP contribution in [0, 0.1) is 5.92 Å². The lowest BCUT2D eigenvalue weighted by Crippen LogP contribution is -2.26. The zero-order valence-electron chi connectivity index (χ0n) is 12.4. The lowest BCUT2D eigenvalue weighted by Gasteiger charge is -2.28. The van der Waals surface area contributed by atoms with Gasteiger partial charge in [-0.3, -0.25) is 0 Å². The van der Waals surface area contributed by atoms with Crippen molar-refractivity contribution >= 4 is 6.01 Å². The van der Waals surface area contributed by atoms with Crippen molar-refractivity contribution in [3.63, 3.8) is 0 Å². The number of hydrogen-bond donors (Lipinski definition) is 2. The Morgan fingerprint density at radius 3 is 2.50 bits per heavy atom. The van der Waals surface area contributed by atoms with Crippen molar-refractivity contribution in [3.05, 3.63) is 5.89 Å². The molecule has 0 radical (unpaired) electrons. The van der Waals surface area contributed by atoms with Crippen LogP contribution in [0.4, 0.5) is 6.01 Å². The Balaban J connectivity index is 1.41. The Kier molecular flexibility index (Phi) is 4.55. The third-order valence-electron chi connectivity index (χ3n) is 4.46. The maximum Gasteiger partial charge on any atom is 0.315 e. The van der Waals surface area contributed by atoms with Crippen LogP contribution in [0.25, 0.3) is 0 Å². The SMILES string of the molecule is CCCC1CCC(Nc2nnc(CNC3CC3)o2)CC1. The van der Waals surface area contributed by atoms with Crippen LogP contribution in [-0.2, 0) is 6.54 Å². The summed E-state index contributed by atoms with van der Waals surface area (Å²) >= 11 is 0. The maximum absolute atomic E-state index is 5.64. The highest BCUT2D eigenvalue weighted by atomic mass is 16.4. The number of anilines is 1. The smallest absolute Gasteiger partial charge is 0.315 e. The molecule has 2 saturated carbocycles. The van der Waals surface area contributed by atoms with Crippen LogP contribution in [0.3, 0.4) is 0 Å². The highest BCUT2D eigenvalue weighted by molar-refractivity contribution is 5.19. The topological polar surface area (TPSA) is 63.0 Å². The van der Waals surface area contributed by atoms with Crippen LogP contribution in [0.5, 0.6) is 0 Å². The Morgan fingerprint density at radius 2 is 1.80 bits per heavy atom. The van der Waals surface area contributed by atoms with Gasteiger partial charge in [0.25, 0.3) is 0 Å². The zero-order valence-corrected chi connectivity index (χ0v) is 12.4. The van der Waals surface area contributed by atoms with Crippen molar-refractivity contribution < 1.29 is 4.42 Å². The fourth-order valence-corrected chi connectivity index (χ4v) is 3.08. The Hall–Kier alpha value is -1.10. The van der Waals surface area contributed by atoms with Crippen molar-refractivity contribution in [2.75, 3.05) is 5.32 Å². The summed E-state index contributed by atoms with van der Waals surface area (Å²) in [7, 11) is 0. The predicted molar refractivity (Wildman–Crippen MR) is 78.4 cm³/mol. The van der Waals surface area contributed by atoms with Gasteiger partial charge in [0.2, 0.25) is 5.89 Å². The molecule has 0 atom stereocenters. The first-order chi connectivity index (χ1) is 9.83. The molecule has 5 heteroatoms. The van der Waals surface area contributed by atoms with E-state index in [-0.39, 0.29) is 0 Å². The van der Waals surface area contributed by atoms with E-state index in [9.17, 15) is 0 Å². The standard InChI is InChI=1S/C15H26N4O/c1-2-3-11-4-6-13(7-5-11)17-15-19-18-14(20-15)10-16-12-8-9-12/h11-13,16H,2-10H2,1H3,(H,17,19). The van der Waals surface area contributed by atoms with Crippen LogP contribution in [0.1, 0.15) is 64.2 Å². The molecule has 0 spiro atoms. The van der Waals surface area contributed by atoms with Crippen LogP contribution in [-0.4, -0.2) is 22.3 Å². The molecule has 0 unspecified atom stereocenters. The molecule has 2 aliphatic carbocycles. The Bertz CT molecular complexity index is 408. The molecular weight excluding hydrogens is 252 g/mol. The van der Waals surface area contributed by atoms with Crippen molar-refractivity contribution in [2.24, 2.45) is 5.92 Å². The number of nitrogens with zero attached hydrogens (tertiary/aromatic N) is 2. The van der Waals surface area contributed by atoms with E-state index < -0.39 is 0 Å². The molecular formula is C15H26N4O. The monoisotopic (exact) mass is 278 g/mol. The fraction of sp³-hybridized carbons (Fsp3) is 0.867. The second-order valence-corrected chi connectivity index (χ2v) is 6.31. The van der Waals surface area contributed by atoms with E-state index in [0.29, 0.717) is 30.5 Å². The molecule has 0 aromatic carbocycles. The van der Waals surface area contributed by atoms with Gasteiger partial charge >= 0.3 is 6.01 Å². The van der Waals surface area contributed by atoms with Gasteiger partial charge in [0.1, 0.15) is 0 Å². The number of aromatic nitrogens is 2. The molecule has 0 bridgehead atoms. The third kappa shape index (κ3) is 3.95. The third-order valence-corrected chi connectivity index (χ3v) is 4.46. The van der Waals surface area contributed by atoms with E-state index in [1.165, 1.54) is 51.4 Å². The second-order valence-electron chi connectivity index (χ2n) is 6.31. The van der Waals surface area contributed by atoms with E-state index in [1.54, 1.807) is 0 Å². The van der Waals surface area contributed by atoms with E-state index in [2.05, 4.69) is 27.8 Å². The summed E-state index contributed by atoms with van der Waals surface area (Å²) in [6.45, 7) is 2.97. The van der Waals surface area contributed by atoms with Gasteiger partial charge in [-0.25, -0.2) is 0 Å². The summed E-state index contributed by atoms with van der Waals surface area (Å²) in [4.78, 5) is 0. The van der Waals surface area contributed by atoms with Crippen LogP contribution in [0.2, 0.25) is 0 Å². The lowest BCUT2D eigenvalue weighted by molar-refractivity contribution is 0.315. The molecule has 3 rings (SSSR count). The fourth-order valence-electron chi connectivity index (χ4n) is 3.08. The van der Waals surface area contributed by atoms with E-state index in [4.69, 9.17) is 4.42 Å². The quantitative estimate of drug-likeness (QED) is 0.802. The van der Waals surface area contributed by atoms with Gasteiger partial charge in [-0.1, -0.05) is 24.9 Å². The van der Waals surface area contributed by atoms with Gasteiger partial charge in [-0.05, 0) is 44.4 Å². The predicted octanol–water partition coefficient (Wildman–Crippen LogP) is 3.09. The van der Waals surface area contributed by atoms with Crippen LogP contribution >= 0.6 is 0 Å². The average Bonchev–Trinajstić information content (AvgIpc) is 3.19. The first-order valence-electron chi connectivity index (χ1n) is 8.15. The van der Waals surface area contributed by atoms with Gasteiger partial charge in [0.05, 0.1) is 6.54 Å². The Labute approximate surface area is 120 Å². The minimum absolute atomic E-state index is 0.507. The van der Waals surface area contributed by atoms with Crippen LogP contribution < -0.4 is 10.6 Å². The first-order valence-corrected chi connectivity index (χ1v) is 8.15. The molecule has 2 aliphatic rings. The molecule has 5 nitrogen and oxygen atoms in total. The Morgan fingerprint density at radius 1 is 1.05 bits per heavy atom. The summed E-state index contributed by atoms with van der Waals surface area (Å²) in [6.07, 6.45) is 10.4. The van der Waals surface area contributed by atoms with Gasteiger partial charge < -0.3 is 15.1 Å². The largest absolute Gasteiger partial charge is 0.407 e. The van der Waals surface area contributed by atoms with Crippen molar-refractivity contribution in [1.82, 2.24) is 15.5 Å². The summed E-state index contributed by atoms with van der Waals surface area (Å²) in [6, 6.07) is 1.77. The van der Waals surface area contributed by atoms with Gasteiger partial charge in [0, 0.05) is 12.1 Å². The summed E-state index contributed by atoms with van der Waals surface area (Å²) < 4.78 is 5.64.